The molecule has 0 aliphatic carbocycles. The van der Waals surface area contributed by atoms with E-state index in [1.54, 1.807) is 20.8 Å². The van der Waals surface area contributed by atoms with Crippen LogP contribution >= 0.6 is 7.82 Å². The summed E-state index contributed by atoms with van der Waals surface area (Å²) in [5.74, 6) is 0. The van der Waals surface area contributed by atoms with Gasteiger partial charge in [0.15, 0.2) is 0 Å². The Morgan fingerprint density at radius 3 is 1.71 bits per heavy atom. The van der Waals surface area contributed by atoms with Gasteiger partial charge in [0.2, 0.25) is 0 Å². The Morgan fingerprint density at radius 2 is 1.29 bits per heavy atom. The molecule has 0 aromatic heterocycles. The molecule has 0 fully saturated rings. The highest BCUT2D eigenvalue weighted by Gasteiger charge is 2.30. The van der Waals surface area contributed by atoms with Crippen molar-refractivity contribution in [3.05, 3.63) is 0 Å². The summed E-state index contributed by atoms with van der Waals surface area (Å²) < 4.78 is 32.2. The van der Waals surface area contributed by atoms with Crippen molar-refractivity contribution >= 4 is 13.9 Å². The topological polar surface area (TPSA) is 103 Å². The van der Waals surface area contributed by atoms with Crippen LogP contribution in [-0.4, -0.2) is 49.8 Å². The number of ether oxygens (including phenoxy) is 1. The minimum Gasteiger partial charge on any atom is -0.444 e. The molecule has 34 heavy (non-hydrogen) atoms. The minimum absolute atomic E-state index is 0.224. The molecular formula is C25H52NO7P. The van der Waals surface area contributed by atoms with Crippen molar-refractivity contribution in [2.24, 2.45) is 0 Å². The number of aliphatic hydroxyl groups excluding tert-OH is 1. The minimum atomic E-state index is -3.72. The first kappa shape index (κ1) is 33.3. The maximum atomic E-state index is 12.2. The summed E-state index contributed by atoms with van der Waals surface area (Å²) in [5, 5.41) is 13.3. The molecule has 0 aliphatic heterocycles. The first-order valence-corrected chi connectivity index (χ1v) is 14.6. The Morgan fingerprint density at radius 1 is 0.853 bits per heavy atom. The molecule has 0 heterocycles. The van der Waals surface area contributed by atoms with Crippen LogP contribution in [0, 0.1) is 0 Å². The van der Waals surface area contributed by atoms with Crippen molar-refractivity contribution in [1.29, 1.82) is 0 Å². The molecular weight excluding hydrogens is 457 g/mol. The number of phosphoric ester groups is 1. The second kappa shape index (κ2) is 19.5. The van der Waals surface area contributed by atoms with Crippen LogP contribution in [0.15, 0.2) is 0 Å². The van der Waals surface area contributed by atoms with E-state index in [-0.39, 0.29) is 6.61 Å². The molecule has 9 heteroatoms. The van der Waals surface area contributed by atoms with Gasteiger partial charge in [0, 0.05) is 14.2 Å². The lowest BCUT2D eigenvalue weighted by Gasteiger charge is -2.27. The van der Waals surface area contributed by atoms with Gasteiger partial charge in [-0.15, -0.1) is 0 Å². The van der Waals surface area contributed by atoms with E-state index < -0.39 is 31.7 Å². The van der Waals surface area contributed by atoms with E-state index in [0.29, 0.717) is 6.42 Å². The predicted molar refractivity (Wildman–Crippen MR) is 137 cm³/mol. The molecule has 0 aromatic carbocycles. The summed E-state index contributed by atoms with van der Waals surface area (Å²) in [6.07, 6.45) is 15.2. The predicted octanol–water partition coefficient (Wildman–Crippen LogP) is 7.14. The zero-order valence-corrected chi connectivity index (χ0v) is 23.5. The Labute approximate surface area is 208 Å². The van der Waals surface area contributed by atoms with Gasteiger partial charge < -0.3 is 15.2 Å². The molecule has 2 atom stereocenters. The van der Waals surface area contributed by atoms with Crippen LogP contribution in [0.4, 0.5) is 4.79 Å². The molecule has 0 rings (SSSR count). The quantitative estimate of drug-likeness (QED) is 0.125. The number of amides is 1. The number of alkyl carbamates (subject to hydrolysis) is 1. The maximum Gasteiger partial charge on any atom is 0.474 e. The Balaban J connectivity index is 4.25. The summed E-state index contributed by atoms with van der Waals surface area (Å²) in [6.45, 7) is 7.29. The fourth-order valence-corrected chi connectivity index (χ4v) is 4.33. The normalized spacial score (nSPS) is 14.1. The SMILES string of the molecule is CCCCCCCCCCCCCCC[C@@H](O)[C@H](COP(=O)(OC)OC)NC(=O)OC(C)(C)C. The third-order valence-electron chi connectivity index (χ3n) is 5.63. The molecule has 0 radical (unpaired) electrons. The lowest BCUT2D eigenvalue weighted by molar-refractivity contribution is 0.0312. The third kappa shape index (κ3) is 18.6. The van der Waals surface area contributed by atoms with Gasteiger partial charge in [-0.3, -0.25) is 13.6 Å². The third-order valence-corrected chi connectivity index (χ3v) is 6.99. The first-order chi connectivity index (χ1) is 16.1. The van der Waals surface area contributed by atoms with Crippen LogP contribution in [-0.2, 0) is 22.9 Å². The lowest BCUT2D eigenvalue weighted by Crippen LogP contribution is -2.48. The summed E-state index contributed by atoms with van der Waals surface area (Å²) in [5.41, 5.74) is -0.677. The molecule has 0 unspecified atom stereocenters. The van der Waals surface area contributed by atoms with E-state index in [2.05, 4.69) is 12.2 Å². The first-order valence-electron chi connectivity index (χ1n) is 13.1. The Kier molecular flexibility index (Phi) is 19.1. The fourth-order valence-electron chi connectivity index (χ4n) is 3.63. The average molecular weight is 510 g/mol. The summed E-state index contributed by atoms with van der Waals surface area (Å²) in [6, 6.07) is -0.800. The summed E-state index contributed by atoms with van der Waals surface area (Å²) >= 11 is 0. The lowest BCUT2D eigenvalue weighted by atomic mass is 10.0. The van der Waals surface area contributed by atoms with E-state index >= 15 is 0 Å². The highest BCUT2D eigenvalue weighted by Crippen LogP contribution is 2.47. The number of hydrogen-bond donors (Lipinski definition) is 2. The van der Waals surface area contributed by atoms with Gasteiger partial charge in [-0.25, -0.2) is 9.36 Å². The smallest absolute Gasteiger partial charge is 0.444 e. The Bertz CT molecular complexity index is 546. The van der Waals surface area contributed by atoms with Crippen molar-refractivity contribution in [1.82, 2.24) is 5.32 Å². The van der Waals surface area contributed by atoms with Crippen LogP contribution in [0.25, 0.3) is 0 Å². The highest BCUT2D eigenvalue weighted by atomic mass is 31.2. The summed E-state index contributed by atoms with van der Waals surface area (Å²) in [4.78, 5) is 12.2. The molecule has 2 N–H and O–H groups in total. The van der Waals surface area contributed by atoms with Crippen LogP contribution in [0.5, 0.6) is 0 Å². The fraction of sp³-hybridized carbons (Fsp3) is 0.960. The number of unbranched alkanes of at least 4 members (excludes halogenated alkanes) is 12. The number of nitrogens with one attached hydrogen (secondary N) is 1. The number of rotatable bonds is 21. The molecule has 204 valence electrons. The van der Waals surface area contributed by atoms with Gasteiger partial charge in [-0.1, -0.05) is 90.4 Å². The van der Waals surface area contributed by atoms with Gasteiger partial charge >= 0.3 is 13.9 Å². The molecule has 0 aromatic rings. The molecule has 0 saturated heterocycles. The standard InChI is InChI=1S/C25H52NO7P/c1-7-8-9-10-11-12-13-14-15-16-17-18-19-20-23(27)22(21-32-34(29,30-5)31-6)26-24(28)33-25(2,3)4/h22-23,27H,7-21H2,1-6H3,(H,26,28)/t22-,23+/m0/s1. The molecule has 0 spiro atoms. The van der Waals surface area contributed by atoms with Gasteiger partial charge in [-0.05, 0) is 27.2 Å². The van der Waals surface area contributed by atoms with Crippen molar-refractivity contribution in [2.45, 2.75) is 135 Å². The van der Waals surface area contributed by atoms with E-state index in [1.165, 1.54) is 78.4 Å². The van der Waals surface area contributed by atoms with Crippen LogP contribution in [0.1, 0.15) is 118 Å². The van der Waals surface area contributed by atoms with Crippen molar-refractivity contribution in [3.63, 3.8) is 0 Å². The highest BCUT2D eigenvalue weighted by molar-refractivity contribution is 7.48. The molecule has 0 bridgehead atoms. The van der Waals surface area contributed by atoms with Crippen LogP contribution < -0.4 is 5.32 Å². The van der Waals surface area contributed by atoms with E-state index in [0.717, 1.165) is 19.3 Å². The van der Waals surface area contributed by atoms with Gasteiger partial charge in [0.05, 0.1) is 18.8 Å². The molecule has 8 nitrogen and oxygen atoms in total. The maximum absolute atomic E-state index is 12.2. The van der Waals surface area contributed by atoms with Crippen LogP contribution in [0.2, 0.25) is 0 Å². The van der Waals surface area contributed by atoms with Crippen molar-refractivity contribution < 1.29 is 32.8 Å². The number of carbonyl (C=O) groups excluding carboxylic acids is 1. The summed E-state index contributed by atoms with van der Waals surface area (Å²) in [7, 11) is -1.30. The number of phosphoric acid groups is 1. The van der Waals surface area contributed by atoms with Crippen molar-refractivity contribution in [3.8, 4) is 0 Å². The van der Waals surface area contributed by atoms with E-state index in [9.17, 15) is 14.5 Å². The van der Waals surface area contributed by atoms with E-state index in [1.807, 2.05) is 0 Å². The van der Waals surface area contributed by atoms with Crippen LogP contribution in [0.3, 0.4) is 0 Å². The second-order valence-corrected chi connectivity index (χ2v) is 11.8. The number of hydrogen-bond acceptors (Lipinski definition) is 7. The van der Waals surface area contributed by atoms with Gasteiger partial charge in [0.25, 0.3) is 0 Å². The Hall–Kier alpha value is -0.660. The zero-order valence-electron chi connectivity index (χ0n) is 22.6. The van der Waals surface area contributed by atoms with E-state index in [4.69, 9.17) is 18.3 Å². The molecule has 0 saturated carbocycles. The average Bonchev–Trinajstić information content (AvgIpc) is 2.78. The monoisotopic (exact) mass is 509 g/mol. The second-order valence-electron chi connectivity index (χ2n) is 9.96. The molecule has 1 amide bonds. The molecule has 0 aliphatic rings. The number of aliphatic hydroxyl groups is 1. The van der Waals surface area contributed by atoms with Crippen molar-refractivity contribution in [2.75, 3.05) is 20.8 Å². The van der Waals surface area contributed by atoms with Gasteiger partial charge in [-0.2, -0.15) is 0 Å². The van der Waals surface area contributed by atoms with Gasteiger partial charge in [0.1, 0.15) is 5.60 Å². The zero-order chi connectivity index (χ0) is 25.9. The number of carbonyl (C=O) groups is 1. The largest absolute Gasteiger partial charge is 0.474 e.